The predicted octanol–water partition coefficient (Wildman–Crippen LogP) is 6.13. The van der Waals surface area contributed by atoms with Crippen LogP contribution in [0.15, 0.2) is 24.3 Å². The fourth-order valence-electron chi connectivity index (χ4n) is 3.53. The Kier molecular flexibility index (Phi) is 7.25. The summed E-state index contributed by atoms with van der Waals surface area (Å²) in [6, 6.07) is 8.47. The highest BCUT2D eigenvalue weighted by Crippen LogP contribution is 2.29. The molecular weight excluding hydrogens is 362 g/mol. The summed E-state index contributed by atoms with van der Waals surface area (Å²) >= 11 is 0. The standard InChI is InChI=1S/C24H37N3O2/c1-9-14-29-22-25-21(18-10-12-19(13-11-18)24(6,7)8)27(26-22)20(28)15-17(2)16-23(3,4)5/h10-13,17H,9,14-16H2,1-8H3. The van der Waals surface area contributed by atoms with Crippen LogP contribution in [0.2, 0.25) is 0 Å². The van der Waals surface area contributed by atoms with Crippen LogP contribution in [0.1, 0.15) is 85.0 Å². The number of hydrogen-bond acceptors (Lipinski definition) is 4. The number of aromatic nitrogens is 3. The summed E-state index contributed by atoms with van der Waals surface area (Å²) in [7, 11) is 0. The van der Waals surface area contributed by atoms with E-state index in [1.807, 2.05) is 19.1 Å². The van der Waals surface area contributed by atoms with Gasteiger partial charge in [-0.25, -0.2) is 0 Å². The van der Waals surface area contributed by atoms with E-state index < -0.39 is 0 Å². The molecule has 0 aliphatic rings. The van der Waals surface area contributed by atoms with E-state index in [0.717, 1.165) is 18.4 Å². The van der Waals surface area contributed by atoms with E-state index >= 15 is 0 Å². The third kappa shape index (κ3) is 6.69. The van der Waals surface area contributed by atoms with Crippen LogP contribution in [0.4, 0.5) is 0 Å². The normalized spacial score (nSPS) is 13.4. The molecule has 2 rings (SSSR count). The molecule has 0 aliphatic heterocycles. The lowest BCUT2D eigenvalue weighted by molar-refractivity contribution is 0.0856. The average molecular weight is 400 g/mol. The van der Waals surface area contributed by atoms with Gasteiger partial charge in [0.25, 0.3) is 0 Å². The Hall–Kier alpha value is -2.17. The molecule has 2 aromatic rings. The third-order valence-corrected chi connectivity index (χ3v) is 4.75. The number of carbonyl (C=O) groups is 1. The Labute approximate surface area is 175 Å². The zero-order valence-electron chi connectivity index (χ0n) is 19.4. The molecule has 0 N–H and O–H groups in total. The van der Waals surface area contributed by atoms with E-state index in [2.05, 4.69) is 70.7 Å². The Morgan fingerprint density at radius 3 is 2.24 bits per heavy atom. The lowest BCUT2D eigenvalue weighted by Crippen LogP contribution is -2.20. The molecule has 1 atom stereocenters. The second-order valence-electron chi connectivity index (χ2n) is 10.3. The molecule has 0 bridgehead atoms. The third-order valence-electron chi connectivity index (χ3n) is 4.75. The minimum absolute atomic E-state index is 0.0458. The van der Waals surface area contributed by atoms with Gasteiger partial charge in [-0.05, 0) is 35.2 Å². The topological polar surface area (TPSA) is 57.0 Å². The predicted molar refractivity (Wildman–Crippen MR) is 118 cm³/mol. The van der Waals surface area contributed by atoms with E-state index in [1.165, 1.54) is 10.2 Å². The van der Waals surface area contributed by atoms with Gasteiger partial charge in [-0.3, -0.25) is 4.79 Å². The van der Waals surface area contributed by atoms with Crippen LogP contribution in [0.5, 0.6) is 6.01 Å². The molecule has 0 fully saturated rings. The first-order valence-electron chi connectivity index (χ1n) is 10.6. The molecule has 5 heteroatoms. The van der Waals surface area contributed by atoms with Gasteiger partial charge in [0.1, 0.15) is 0 Å². The number of nitrogens with zero attached hydrogens (tertiary/aromatic N) is 3. The number of ether oxygens (including phenoxy) is 1. The number of carbonyl (C=O) groups excluding carboxylic acids is 1. The van der Waals surface area contributed by atoms with Gasteiger partial charge in [-0.15, -0.1) is 5.10 Å². The molecule has 0 saturated heterocycles. The lowest BCUT2D eigenvalue weighted by Gasteiger charge is -2.22. The zero-order chi connectivity index (χ0) is 21.8. The fourth-order valence-corrected chi connectivity index (χ4v) is 3.53. The number of rotatable bonds is 7. The number of benzene rings is 1. The Morgan fingerprint density at radius 2 is 1.72 bits per heavy atom. The highest BCUT2D eigenvalue weighted by Gasteiger charge is 2.23. The van der Waals surface area contributed by atoms with Crippen LogP contribution in [0.25, 0.3) is 11.4 Å². The van der Waals surface area contributed by atoms with Gasteiger partial charge in [0.05, 0.1) is 6.61 Å². The molecule has 29 heavy (non-hydrogen) atoms. The van der Waals surface area contributed by atoms with Crippen molar-refractivity contribution in [2.75, 3.05) is 6.61 Å². The van der Waals surface area contributed by atoms with Crippen molar-refractivity contribution in [3.8, 4) is 17.4 Å². The summed E-state index contributed by atoms with van der Waals surface area (Å²) in [5.41, 5.74) is 2.36. The highest BCUT2D eigenvalue weighted by atomic mass is 16.5. The SMILES string of the molecule is CCCOc1nc(-c2ccc(C(C)(C)C)cc2)n(C(=O)CC(C)CC(C)(C)C)n1. The van der Waals surface area contributed by atoms with Gasteiger partial charge in [0.15, 0.2) is 5.82 Å². The molecule has 0 saturated carbocycles. The summed E-state index contributed by atoms with van der Waals surface area (Å²) < 4.78 is 7.04. The van der Waals surface area contributed by atoms with E-state index in [0.29, 0.717) is 18.9 Å². The summed E-state index contributed by atoms with van der Waals surface area (Å²) in [5, 5.41) is 4.38. The van der Waals surface area contributed by atoms with Crippen LogP contribution in [-0.4, -0.2) is 27.3 Å². The van der Waals surface area contributed by atoms with Crippen molar-refractivity contribution in [1.29, 1.82) is 0 Å². The average Bonchev–Trinajstić information content (AvgIpc) is 3.02. The molecule has 0 radical (unpaired) electrons. The molecule has 1 aromatic carbocycles. The molecule has 0 amide bonds. The van der Waals surface area contributed by atoms with Gasteiger partial charge in [0, 0.05) is 12.0 Å². The summed E-state index contributed by atoms with van der Waals surface area (Å²) in [5.74, 6) is 0.767. The Bertz CT molecular complexity index is 808. The van der Waals surface area contributed by atoms with Crippen LogP contribution >= 0.6 is 0 Å². The molecular formula is C24H37N3O2. The van der Waals surface area contributed by atoms with Gasteiger partial charge in [0.2, 0.25) is 5.91 Å². The molecule has 160 valence electrons. The lowest BCUT2D eigenvalue weighted by atomic mass is 9.84. The number of hydrogen-bond donors (Lipinski definition) is 0. The second-order valence-corrected chi connectivity index (χ2v) is 10.3. The monoisotopic (exact) mass is 399 g/mol. The van der Waals surface area contributed by atoms with E-state index in [4.69, 9.17) is 4.74 Å². The summed E-state index contributed by atoms with van der Waals surface area (Å²) in [6.07, 6.45) is 2.27. The van der Waals surface area contributed by atoms with Crippen LogP contribution < -0.4 is 4.74 Å². The maximum Gasteiger partial charge on any atom is 0.336 e. The van der Waals surface area contributed by atoms with E-state index in [9.17, 15) is 4.79 Å². The van der Waals surface area contributed by atoms with Crippen LogP contribution in [-0.2, 0) is 5.41 Å². The summed E-state index contributed by atoms with van der Waals surface area (Å²) in [4.78, 5) is 17.6. The minimum atomic E-state index is -0.0458. The van der Waals surface area contributed by atoms with Gasteiger partial charge in [-0.1, -0.05) is 79.7 Å². The van der Waals surface area contributed by atoms with Crippen LogP contribution in [0.3, 0.4) is 0 Å². The smallest absolute Gasteiger partial charge is 0.336 e. The van der Waals surface area contributed by atoms with Gasteiger partial charge < -0.3 is 4.74 Å². The van der Waals surface area contributed by atoms with Crippen molar-refractivity contribution >= 4 is 5.91 Å². The largest absolute Gasteiger partial charge is 0.462 e. The van der Waals surface area contributed by atoms with Crippen molar-refractivity contribution in [3.05, 3.63) is 29.8 Å². The zero-order valence-corrected chi connectivity index (χ0v) is 19.4. The quantitative estimate of drug-likeness (QED) is 0.561. The minimum Gasteiger partial charge on any atom is -0.462 e. The fraction of sp³-hybridized carbons (Fsp3) is 0.625. The van der Waals surface area contributed by atoms with E-state index in [1.54, 1.807) is 0 Å². The van der Waals surface area contributed by atoms with E-state index in [-0.39, 0.29) is 28.7 Å². The molecule has 1 aromatic heterocycles. The molecule has 1 heterocycles. The highest BCUT2D eigenvalue weighted by molar-refractivity contribution is 5.82. The van der Waals surface area contributed by atoms with Crippen molar-refractivity contribution < 1.29 is 9.53 Å². The van der Waals surface area contributed by atoms with Gasteiger partial charge in [-0.2, -0.15) is 9.67 Å². The molecule has 1 unspecified atom stereocenters. The first kappa shape index (κ1) is 23.1. The van der Waals surface area contributed by atoms with Crippen molar-refractivity contribution in [2.45, 2.75) is 80.1 Å². The molecule has 0 spiro atoms. The second kappa shape index (κ2) is 9.10. The van der Waals surface area contributed by atoms with Gasteiger partial charge >= 0.3 is 6.01 Å². The first-order chi connectivity index (χ1) is 13.4. The Morgan fingerprint density at radius 1 is 1.10 bits per heavy atom. The van der Waals surface area contributed by atoms with Crippen LogP contribution in [0, 0.1) is 11.3 Å². The van der Waals surface area contributed by atoms with Crippen molar-refractivity contribution in [3.63, 3.8) is 0 Å². The first-order valence-corrected chi connectivity index (χ1v) is 10.6. The maximum atomic E-state index is 13.1. The summed E-state index contributed by atoms with van der Waals surface area (Å²) in [6.45, 7) is 17.8. The van der Waals surface area contributed by atoms with Crippen molar-refractivity contribution in [2.24, 2.45) is 11.3 Å². The maximum absolute atomic E-state index is 13.1. The van der Waals surface area contributed by atoms with Crippen molar-refractivity contribution in [1.82, 2.24) is 14.8 Å². The Balaban J connectivity index is 2.33. The molecule has 5 nitrogen and oxygen atoms in total. The molecule has 0 aliphatic carbocycles.